The van der Waals surface area contributed by atoms with Crippen LogP contribution < -0.4 is 16.4 Å². The van der Waals surface area contributed by atoms with Gasteiger partial charge in [0.1, 0.15) is 23.2 Å². The summed E-state index contributed by atoms with van der Waals surface area (Å²) in [6.45, 7) is 9.36. The van der Waals surface area contributed by atoms with E-state index in [0.29, 0.717) is 46.5 Å². The third-order valence-electron chi connectivity index (χ3n) is 6.08. The molecular weight excluding hydrogens is 458 g/mol. The first-order chi connectivity index (χ1) is 17.2. The second-order valence-electron chi connectivity index (χ2n) is 9.93. The van der Waals surface area contributed by atoms with E-state index in [4.69, 9.17) is 10.5 Å². The fourth-order valence-electron chi connectivity index (χ4n) is 3.91. The number of carbonyl (C=O) groups is 1. The molecule has 1 saturated heterocycles. The number of fused-ring (bicyclic) bond motifs is 1. The van der Waals surface area contributed by atoms with E-state index in [9.17, 15) is 4.79 Å². The van der Waals surface area contributed by atoms with E-state index in [-0.39, 0.29) is 17.4 Å². The first-order valence-corrected chi connectivity index (χ1v) is 11.8. The number of aromatic nitrogens is 6. The van der Waals surface area contributed by atoms with Crippen molar-refractivity contribution in [2.75, 3.05) is 29.6 Å². The van der Waals surface area contributed by atoms with Crippen LogP contribution in [-0.4, -0.2) is 54.9 Å². The maximum Gasteiger partial charge on any atom is 0.280 e. The van der Waals surface area contributed by atoms with Crippen LogP contribution >= 0.6 is 0 Å². The van der Waals surface area contributed by atoms with Crippen molar-refractivity contribution >= 4 is 40.2 Å². The summed E-state index contributed by atoms with van der Waals surface area (Å²) in [4.78, 5) is 31.0. The third-order valence-corrected chi connectivity index (χ3v) is 6.08. The van der Waals surface area contributed by atoms with Crippen LogP contribution in [0.1, 0.15) is 48.8 Å². The second-order valence-corrected chi connectivity index (χ2v) is 9.93. The van der Waals surface area contributed by atoms with Crippen LogP contribution in [-0.2, 0) is 10.2 Å². The molecule has 0 bridgehead atoms. The Hall–Kier alpha value is -4.12. The zero-order valence-corrected chi connectivity index (χ0v) is 20.7. The van der Waals surface area contributed by atoms with Gasteiger partial charge < -0.3 is 21.1 Å². The van der Waals surface area contributed by atoms with E-state index < -0.39 is 0 Å². The Morgan fingerprint density at radius 1 is 1.19 bits per heavy atom. The lowest BCUT2D eigenvalue weighted by Crippen LogP contribution is -2.20. The molecule has 1 aliphatic rings. The highest BCUT2D eigenvalue weighted by molar-refractivity contribution is 5.98. The first-order valence-electron chi connectivity index (χ1n) is 11.8. The maximum atomic E-state index is 13.3. The predicted molar refractivity (Wildman–Crippen MR) is 138 cm³/mol. The number of hydrogen-bond donors (Lipinski definition) is 3. The number of carbonyl (C=O) groups excluding carboxylic acids is 1. The van der Waals surface area contributed by atoms with E-state index in [2.05, 4.69) is 35.7 Å². The molecule has 186 valence electrons. The molecule has 4 heterocycles. The summed E-state index contributed by atoms with van der Waals surface area (Å²) < 4.78 is 6.67. The lowest BCUT2D eigenvalue weighted by molar-refractivity contribution is 0.0947. The molecule has 1 aliphatic heterocycles. The van der Waals surface area contributed by atoms with Crippen LogP contribution in [0.3, 0.4) is 0 Å². The van der Waals surface area contributed by atoms with Crippen molar-refractivity contribution in [3.05, 3.63) is 53.6 Å². The normalized spacial score (nSPS) is 15.8. The smallest absolute Gasteiger partial charge is 0.280 e. The van der Waals surface area contributed by atoms with Gasteiger partial charge >= 0.3 is 0 Å². The molecule has 1 unspecified atom stereocenters. The predicted octanol–water partition coefficient (Wildman–Crippen LogP) is 3.44. The highest BCUT2D eigenvalue weighted by Crippen LogP contribution is 2.27. The van der Waals surface area contributed by atoms with Crippen molar-refractivity contribution in [2.45, 2.75) is 45.6 Å². The quantitative estimate of drug-likeness (QED) is 0.382. The van der Waals surface area contributed by atoms with Crippen molar-refractivity contribution < 1.29 is 9.53 Å². The molecule has 4 aromatic rings. The Labute approximate surface area is 208 Å². The largest absolute Gasteiger partial charge is 0.383 e. The van der Waals surface area contributed by atoms with Gasteiger partial charge in [0.2, 0.25) is 5.95 Å². The molecular formula is C25H29N9O2. The molecule has 4 N–H and O–H groups in total. The molecule has 0 saturated carbocycles. The van der Waals surface area contributed by atoms with Crippen LogP contribution in [0.4, 0.5) is 23.3 Å². The van der Waals surface area contributed by atoms with Gasteiger partial charge in [0, 0.05) is 29.3 Å². The molecule has 1 fully saturated rings. The van der Waals surface area contributed by atoms with Crippen molar-refractivity contribution in [3.63, 3.8) is 0 Å². The van der Waals surface area contributed by atoms with Crippen molar-refractivity contribution in [2.24, 2.45) is 0 Å². The van der Waals surface area contributed by atoms with E-state index in [1.165, 1.54) is 11.0 Å². The summed E-state index contributed by atoms with van der Waals surface area (Å²) in [5.41, 5.74) is 9.89. The summed E-state index contributed by atoms with van der Waals surface area (Å²) in [6.07, 6.45) is 4.01. The van der Waals surface area contributed by atoms with Gasteiger partial charge in [-0.15, -0.1) is 0 Å². The second kappa shape index (κ2) is 9.15. The minimum Gasteiger partial charge on any atom is -0.383 e. The third kappa shape index (κ3) is 4.69. The van der Waals surface area contributed by atoms with Gasteiger partial charge in [0.25, 0.3) is 5.91 Å². The number of anilines is 4. The van der Waals surface area contributed by atoms with E-state index in [1.807, 2.05) is 33.8 Å². The van der Waals surface area contributed by atoms with Gasteiger partial charge in [0.05, 0.1) is 24.5 Å². The van der Waals surface area contributed by atoms with Gasteiger partial charge in [-0.3, -0.25) is 4.79 Å². The number of nitrogen functional groups attached to an aromatic ring is 1. The number of rotatable bonds is 5. The van der Waals surface area contributed by atoms with E-state index in [0.717, 1.165) is 24.3 Å². The van der Waals surface area contributed by atoms with Gasteiger partial charge in [-0.1, -0.05) is 26.8 Å². The van der Waals surface area contributed by atoms with Gasteiger partial charge in [-0.25, -0.2) is 19.9 Å². The highest BCUT2D eigenvalue weighted by atomic mass is 16.5. The van der Waals surface area contributed by atoms with Crippen molar-refractivity contribution in [3.8, 4) is 0 Å². The molecule has 36 heavy (non-hydrogen) atoms. The fraction of sp³-hybridized carbons (Fsp3) is 0.360. The van der Waals surface area contributed by atoms with Crippen LogP contribution in [0.2, 0.25) is 0 Å². The summed E-state index contributed by atoms with van der Waals surface area (Å²) in [5.74, 6) is 0.979. The molecule has 5 rings (SSSR count). The van der Waals surface area contributed by atoms with E-state index >= 15 is 0 Å². The molecule has 1 atom stereocenters. The Morgan fingerprint density at radius 3 is 2.75 bits per heavy atom. The summed E-state index contributed by atoms with van der Waals surface area (Å²) in [7, 11) is 0. The van der Waals surface area contributed by atoms with Gasteiger partial charge in [-0.2, -0.15) is 9.78 Å². The summed E-state index contributed by atoms with van der Waals surface area (Å²) in [6, 6.07) is 7.29. The standard InChI is InChI=1S/C25H29N9O2/c1-14-5-6-15(23(35)34-20(26)10-19(33-34)25(2,3)4)9-17(14)31-22-21-18(28-13-29-22)11-27-24(32-21)30-16-7-8-36-12-16/h5-6,9-11,13,16H,7-8,12,26H2,1-4H3,(H,27,30,32)(H,28,29,31). The van der Waals surface area contributed by atoms with Crippen molar-refractivity contribution in [1.29, 1.82) is 0 Å². The average molecular weight is 488 g/mol. The number of benzene rings is 1. The van der Waals surface area contributed by atoms with E-state index in [1.54, 1.807) is 24.4 Å². The first kappa shape index (κ1) is 23.6. The summed E-state index contributed by atoms with van der Waals surface area (Å²) >= 11 is 0. The fourth-order valence-corrected chi connectivity index (χ4v) is 3.91. The zero-order chi connectivity index (χ0) is 25.4. The van der Waals surface area contributed by atoms with Crippen LogP contribution in [0.15, 0.2) is 36.8 Å². The number of aryl methyl sites for hydroxylation is 1. The lowest BCUT2D eigenvalue weighted by atomic mass is 9.92. The summed E-state index contributed by atoms with van der Waals surface area (Å²) in [5, 5.41) is 11.1. The number of hydrogen-bond acceptors (Lipinski definition) is 10. The Bertz CT molecular complexity index is 1440. The molecule has 0 amide bonds. The van der Waals surface area contributed by atoms with Gasteiger partial charge in [-0.05, 0) is 31.0 Å². The van der Waals surface area contributed by atoms with Crippen LogP contribution in [0.25, 0.3) is 11.0 Å². The Balaban J connectivity index is 1.45. The molecule has 0 aliphatic carbocycles. The van der Waals surface area contributed by atoms with Crippen molar-refractivity contribution in [1.82, 2.24) is 29.7 Å². The molecule has 0 radical (unpaired) electrons. The zero-order valence-electron chi connectivity index (χ0n) is 20.7. The molecule has 11 nitrogen and oxygen atoms in total. The monoisotopic (exact) mass is 487 g/mol. The number of ether oxygens (including phenoxy) is 1. The van der Waals surface area contributed by atoms with Crippen LogP contribution in [0, 0.1) is 6.92 Å². The lowest BCUT2D eigenvalue weighted by Gasteiger charge is -2.14. The molecule has 1 aromatic carbocycles. The minimum absolute atomic E-state index is 0.168. The SMILES string of the molecule is Cc1ccc(C(=O)n2nc(C(C)(C)C)cc2N)cc1Nc1ncnc2cnc(NC3CCOC3)nc12. The number of nitrogens with two attached hydrogens (primary N) is 1. The maximum absolute atomic E-state index is 13.3. The average Bonchev–Trinajstić information content (AvgIpc) is 3.50. The molecule has 3 aromatic heterocycles. The Morgan fingerprint density at radius 2 is 2.03 bits per heavy atom. The van der Waals surface area contributed by atoms with Crippen LogP contribution in [0.5, 0.6) is 0 Å². The topological polar surface area (TPSA) is 146 Å². The Kier molecular flexibility index (Phi) is 6.00. The molecule has 0 spiro atoms. The highest BCUT2D eigenvalue weighted by Gasteiger charge is 2.23. The minimum atomic E-state index is -0.314. The number of nitrogens with one attached hydrogen (secondary N) is 2. The van der Waals surface area contributed by atoms with Gasteiger partial charge in [0.15, 0.2) is 5.82 Å². The molecule has 11 heteroatoms. The number of nitrogens with zero attached hydrogens (tertiary/aromatic N) is 6.